The lowest BCUT2D eigenvalue weighted by Gasteiger charge is -2.04. The van der Waals surface area contributed by atoms with E-state index in [2.05, 4.69) is 9.98 Å². The second-order valence-electron chi connectivity index (χ2n) is 3.79. The zero-order valence-corrected chi connectivity index (χ0v) is 10.5. The van der Waals surface area contributed by atoms with E-state index in [-0.39, 0.29) is 11.7 Å². The molecule has 4 nitrogen and oxygen atoms in total. The van der Waals surface area contributed by atoms with Gasteiger partial charge in [0, 0.05) is 12.3 Å². The van der Waals surface area contributed by atoms with Crippen LogP contribution in [0.1, 0.15) is 5.69 Å². The average molecular weight is 267 g/mol. The van der Waals surface area contributed by atoms with Crippen molar-refractivity contribution in [2.24, 2.45) is 10.7 Å². The Bertz CT molecular complexity index is 592. The first-order valence-corrected chi connectivity index (χ1v) is 5.83. The standard InChI is InChI=1S/C12H12ClFN4/c1-8-6-18(7-16-8)11-3-2-9(4-10(11)14)17-12(15)5-13/h2-4,6-7H,5H2,1H3,(H2,15,17). The molecule has 0 aliphatic rings. The first-order valence-electron chi connectivity index (χ1n) is 5.29. The van der Waals surface area contributed by atoms with Gasteiger partial charge >= 0.3 is 0 Å². The quantitative estimate of drug-likeness (QED) is 0.527. The number of imidazole rings is 1. The van der Waals surface area contributed by atoms with Crippen molar-refractivity contribution >= 4 is 23.1 Å². The van der Waals surface area contributed by atoms with Crippen LogP contribution in [0.15, 0.2) is 35.7 Å². The van der Waals surface area contributed by atoms with Crippen LogP contribution in [0, 0.1) is 12.7 Å². The van der Waals surface area contributed by atoms with Crippen molar-refractivity contribution in [3.05, 3.63) is 42.2 Å². The van der Waals surface area contributed by atoms with E-state index in [0.29, 0.717) is 11.4 Å². The molecule has 1 heterocycles. The van der Waals surface area contributed by atoms with Gasteiger partial charge in [0.05, 0.1) is 29.3 Å². The lowest BCUT2D eigenvalue weighted by Crippen LogP contribution is -2.12. The van der Waals surface area contributed by atoms with Gasteiger partial charge in [-0.05, 0) is 19.1 Å². The van der Waals surface area contributed by atoms with Gasteiger partial charge in [-0.25, -0.2) is 14.4 Å². The molecule has 0 aliphatic heterocycles. The minimum absolute atomic E-state index is 0.115. The molecular formula is C12H12ClFN4. The zero-order valence-electron chi connectivity index (χ0n) is 9.77. The van der Waals surface area contributed by atoms with Crippen molar-refractivity contribution in [3.8, 4) is 5.69 Å². The number of nitrogens with zero attached hydrogens (tertiary/aromatic N) is 3. The predicted octanol–water partition coefficient (Wildman–Crippen LogP) is 2.55. The van der Waals surface area contributed by atoms with E-state index in [9.17, 15) is 4.39 Å². The Morgan fingerprint density at radius 3 is 2.89 bits per heavy atom. The molecule has 0 aliphatic carbocycles. The maximum absolute atomic E-state index is 13.9. The number of hydrogen-bond acceptors (Lipinski definition) is 2. The average Bonchev–Trinajstić information content (AvgIpc) is 2.75. The summed E-state index contributed by atoms with van der Waals surface area (Å²) in [5, 5.41) is 0. The highest BCUT2D eigenvalue weighted by atomic mass is 35.5. The third kappa shape index (κ3) is 2.68. The monoisotopic (exact) mass is 266 g/mol. The highest BCUT2D eigenvalue weighted by Gasteiger charge is 2.06. The third-order valence-corrected chi connectivity index (χ3v) is 2.60. The van der Waals surface area contributed by atoms with Gasteiger partial charge in [0.2, 0.25) is 0 Å². The molecule has 0 fully saturated rings. The number of aliphatic imine (C=N–C) groups is 1. The number of benzene rings is 1. The maximum Gasteiger partial charge on any atom is 0.149 e. The highest BCUT2D eigenvalue weighted by Crippen LogP contribution is 2.20. The van der Waals surface area contributed by atoms with E-state index in [4.69, 9.17) is 17.3 Å². The summed E-state index contributed by atoms with van der Waals surface area (Å²) in [7, 11) is 0. The molecule has 0 spiro atoms. The molecule has 6 heteroatoms. The summed E-state index contributed by atoms with van der Waals surface area (Å²) in [4.78, 5) is 8.03. The Labute approximate surface area is 109 Å². The van der Waals surface area contributed by atoms with E-state index < -0.39 is 5.82 Å². The SMILES string of the molecule is Cc1cn(-c2ccc(N=C(N)CCl)cc2F)cn1. The molecule has 0 atom stereocenters. The molecule has 0 amide bonds. The van der Waals surface area contributed by atoms with Gasteiger partial charge in [-0.3, -0.25) is 0 Å². The molecule has 2 aromatic rings. The summed E-state index contributed by atoms with van der Waals surface area (Å²) in [6.07, 6.45) is 3.30. The number of aryl methyl sites for hydroxylation is 1. The van der Waals surface area contributed by atoms with Gasteiger partial charge in [-0.15, -0.1) is 11.6 Å². The number of hydrogen-bond donors (Lipinski definition) is 1. The van der Waals surface area contributed by atoms with Crippen LogP contribution in [0.2, 0.25) is 0 Å². The molecule has 94 valence electrons. The van der Waals surface area contributed by atoms with Gasteiger partial charge in [0.1, 0.15) is 11.7 Å². The maximum atomic E-state index is 13.9. The first kappa shape index (κ1) is 12.6. The number of halogens is 2. The van der Waals surface area contributed by atoms with Gasteiger partial charge in [0.25, 0.3) is 0 Å². The van der Waals surface area contributed by atoms with E-state index >= 15 is 0 Å². The lowest BCUT2D eigenvalue weighted by atomic mass is 10.2. The predicted molar refractivity (Wildman–Crippen MR) is 70.3 cm³/mol. The molecule has 1 aromatic carbocycles. The van der Waals surface area contributed by atoms with Crippen molar-refractivity contribution < 1.29 is 4.39 Å². The normalized spacial score (nSPS) is 11.8. The number of aromatic nitrogens is 2. The summed E-state index contributed by atoms with van der Waals surface area (Å²) in [5.41, 5.74) is 7.16. The van der Waals surface area contributed by atoms with Crippen LogP contribution in [-0.4, -0.2) is 21.3 Å². The van der Waals surface area contributed by atoms with E-state index in [0.717, 1.165) is 5.69 Å². The minimum atomic E-state index is -0.393. The second kappa shape index (κ2) is 5.18. The summed E-state index contributed by atoms with van der Waals surface area (Å²) in [5.74, 6) is -0.0253. The van der Waals surface area contributed by atoms with Crippen molar-refractivity contribution in [3.63, 3.8) is 0 Å². The fraction of sp³-hybridized carbons (Fsp3) is 0.167. The van der Waals surface area contributed by atoms with Crippen molar-refractivity contribution in [2.45, 2.75) is 6.92 Å². The molecular weight excluding hydrogens is 255 g/mol. The van der Waals surface area contributed by atoms with Gasteiger partial charge < -0.3 is 10.3 Å². The number of amidine groups is 1. The molecule has 0 bridgehead atoms. The van der Waals surface area contributed by atoms with Crippen molar-refractivity contribution in [2.75, 3.05) is 5.88 Å². The fourth-order valence-corrected chi connectivity index (χ4v) is 1.58. The highest BCUT2D eigenvalue weighted by molar-refractivity contribution is 6.28. The summed E-state index contributed by atoms with van der Waals surface area (Å²) >= 11 is 5.51. The Hall–Kier alpha value is -1.88. The molecule has 2 N–H and O–H groups in total. The van der Waals surface area contributed by atoms with Crippen LogP contribution in [-0.2, 0) is 0 Å². The largest absolute Gasteiger partial charge is 0.386 e. The second-order valence-corrected chi connectivity index (χ2v) is 4.06. The molecule has 0 radical (unpaired) electrons. The minimum Gasteiger partial charge on any atom is -0.386 e. The summed E-state index contributed by atoms with van der Waals surface area (Å²) in [6, 6.07) is 4.61. The van der Waals surface area contributed by atoms with Crippen LogP contribution >= 0.6 is 11.6 Å². The van der Waals surface area contributed by atoms with Crippen LogP contribution in [0.25, 0.3) is 5.69 Å². The third-order valence-electron chi connectivity index (χ3n) is 2.33. The van der Waals surface area contributed by atoms with Crippen LogP contribution in [0.4, 0.5) is 10.1 Å². The molecule has 1 aromatic heterocycles. The summed E-state index contributed by atoms with van der Waals surface area (Å²) in [6.45, 7) is 1.84. The smallest absolute Gasteiger partial charge is 0.149 e. The summed E-state index contributed by atoms with van der Waals surface area (Å²) < 4.78 is 15.5. The number of alkyl halides is 1. The Morgan fingerprint density at radius 1 is 1.56 bits per heavy atom. The molecule has 2 rings (SSSR count). The van der Waals surface area contributed by atoms with E-state index in [1.165, 1.54) is 6.07 Å². The fourth-order valence-electron chi connectivity index (χ4n) is 1.52. The van der Waals surface area contributed by atoms with Crippen LogP contribution < -0.4 is 5.73 Å². The number of rotatable bonds is 3. The molecule has 0 saturated carbocycles. The van der Waals surface area contributed by atoms with Crippen LogP contribution in [0.5, 0.6) is 0 Å². The lowest BCUT2D eigenvalue weighted by molar-refractivity contribution is 0.618. The van der Waals surface area contributed by atoms with Gasteiger partial charge in [-0.1, -0.05) is 0 Å². The van der Waals surface area contributed by atoms with E-state index in [1.807, 2.05) is 6.92 Å². The zero-order chi connectivity index (χ0) is 13.1. The molecule has 0 unspecified atom stereocenters. The Balaban J connectivity index is 2.36. The van der Waals surface area contributed by atoms with Crippen molar-refractivity contribution in [1.82, 2.24) is 9.55 Å². The van der Waals surface area contributed by atoms with E-state index in [1.54, 1.807) is 29.2 Å². The molecule has 0 saturated heterocycles. The van der Waals surface area contributed by atoms with Gasteiger partial charge in [0.15, 0.2) is 0 Å². The van der Waals surface area contributed by atoms with Crippen LogP contribution in [0.3, 0.4) is 0 Å². The topological polar surface area (TPSA) is 56.2 Å². The number of nitrogens with two attached hydrogens (primary N) is 1. The Kier molecular flexibility index (Phi) is 3.62. The van der Waals surface area contributed by atoms with Crippen molar-refractivity contribution in [1.29, 1.82) is 0 Å². The Morgan fingerprint density at radius 2 is 2.33 bits per heavy atom. The first-order chi connectivity index (χ1) is 8.60. The molecule has 18 heavy (non-hydrogen) atoms. The van der Waals surface area contributed by atoms with Gasteiger partial charge in [-0.2, -0.15) is 0 Å².